The van der Waals surface area contributed by atoms with Gasteiger partial charge in [-0.05, 0) is 24.0 Å². The van der Waals surface area contributed by atoms with E-state index in [9.17, 15) is 45.0 Å². The third-order valence-electron chi connectivity index (χ3n) is 5.98. The van der Waals surface area contributed by atoms with Gasteiger partial charge in [0, 0.05) is 6.42 Å². The van der Waals surface area contributed by atoms with Crippen molar-refractivity contribution in [3.05, 3.63) is 71.8 Å². The maximum absolute atomic E-state index is 15.2. The van der Waals surface area contributed by atoms with Crippen LogP contribution in [0.3, 0.4) is 0 Å². The van der Waals surface area contributed by atoms with Crippen LogP contribution in [0.1, 0.15) is 24.0 Å². The van der Waals surface area contributed by atoms with Gasteiger partial charge in [-0.25, -0.2) is 9.18 Å². The second-order valence-corrected chi connectivity index (χ2v) is 8.35. The van der Waals surface area contributed by atoms with E-state index in [1.165, 1.54) is 48.5 Å². The molecule has 12 heteroatoms. The van der Waals surface area contributed by atoms with Gasteiger partial charge in [0.05, 0.1) is 0 Å². The molecular formula is C23H19F9O3. The fraction of sp³-hybridized carbons (Fsp3) is 0.435. The van der Waals surface area contributed by atoms with E-state index < -0.39 is 66.8 Å². The van der Waals surface area contributed by atoms with E-state index >= 15 is 4.39 Å². The minimum atomic E-state index is -6.81. The van der Waals surface area contributed by atoms with Gasteiger partial charge in [-0.1, -0.05) is 60.7 Å². The standard InChI is InChI=1S/C23H19F9O3/c24-19(20(25,26)22(29,30)23(31,32)21(19,27)28)14-18(34,12-11-15-7-3-1-4-8-15)17(33)35-13-16-9-5-2-6-10-16/h1-10,34H,11-14H2. The third kappa shape index (κ3) is 4.05. The van der Waals surface area contributed by atoms with Crippen LogP contribution in [0.2, 0.25) is 0 Å². The summed E-state index contributed by atoms with van der Waals surface area (Å²) in [5.41, 5.74) is -8.99. The van der Waals surface area contributed by atoms with Crippen LogP contribution in [0.15, 0.2) is 60.7 Å². The zero-order chi connectivity index (χ0) is 26.3. The Balaban J connectivity index is 1.98. The van der Waals surface area contributed by atoms with Crippen LogP contribution in [0, 0.1) is 0 Å². The van der Waals surface area contributed by atoms with Crippen molar-refractivity contribution >= 4 is 5.97 Å². The van der Waals surface area contributed by atoms with E-state index in [0.29, 0.717) is 5.56 Å². The van der Waals surface area contributed by atoms with E-state index in [1.54, 1.807) is 12.1 Å². The predicted octanol–water partition coefficient (Wildman–Crippen LogP) is 5.75. The van der Waals surface area contributed by atoms with Crippen molar-refractivity contribution in [1.82, 2.24) is 0 Å². The first-order valence-electron chi connectivity index (χ1n) is 10.2. The number of alkyl halides is 9. The highest BCUT2D eigenvalue weighted by Crippen LogP contribution is 2.70. The molecule has 0 aromatic heterocycles. The van der Waals surface area contributed by atoms with Crippen molar-refractivity contribution in [3.63, 3.8) is 0 Å². The number of hydrogen-bond acceptors (Lipinski definition) is 3. The summed E-state index contributed by atoms with van der Waals surface area (Å²) >= 11 is 0. The number of carbonyl (C=O) groups excluding carboxylic acids is 1. The van der Waals surface area contributed by atoms with Crippen molar-refractivity contribution in [2.75, 3.05) is 0 Å². The summed E-state index contributed by atoms with van der Waals surface area (Å²) in [6.07, 6.45) is -4.26. The Hall–Kier alpha value is -2.76. The number of esters is 1. The Morgan fingerprint density at radius 1 is 0.714 bits per heavy atom. The molecule has 1 aliphatic carbocycles. The average molecular weight is 514 g/mol. The first kappa shape index (κ1) is 26.8. The summed E-state index contributed by atoms with van der Waals surface area (Å²) in [5.74, 6) is -28.8. The summed E-state index contributed by atoms with van der Waals surface area (Å²) in [6, 6.07) is 14.8. The molecule has 2 aromatic carbocycles. The molecule has 3 rings (SSSR count). The first-order chi connectivity index (χ1) is 16.0. The van der Waals surface area contributed by atoms with Gasteiger partial charge in [-0.15, -0.1) is 0 Å². The van der Waals surface area contributed by atoms with Crippen molar-refractivity contribution in [2.45, 2.75) is 60.8 Å². The monoisotopic (exact) mass is 514 g/mol. The number of ether oxygens (including phenoxy) is 1. The van der Waals surface area contributed by atoms with Gasteiger partial charge >= 0.3 is 29.7 Å². The number of rotatable bonds is 8. The topological polar surface area (TPSA) is 46.5 Å². The smallest absolute Gasteiger partial charge is 0.381 e. The fourth-order valence-electron chi connectivity index (χ4n) is 3.83. The van der Waals surface area contributed by atoms with Crippen molar-refractivity contribution in [2.24, 2.45) is 0 Å². The van der Waals surface area contributed by atoms with E-state index in [2.05, 4.69) is 0 Å². The Morgan fingerprint density at radius 3 is 1.60 bits per heavy atom. The highest BCUT2D eigenvalue weighted by Gasteiger charge is 3.00. The highest BCUT2D eigenvalue weighted by atomic mass is 19.4. The fourth-order valence-corrected chi connectivity index (χ4v) is 3.83. The molecule has 1 saturated carbocycles. The van der Waals surface area contributed by atoms with Crippen molar-refractivity contribution in [1.29, 1.82) is 0 Å². The molecule has 35 heavy (non-hydrogen) atoms. The van der Waals surface area contributed by atoms with Crippen LogP contribution in [-0.4, -0.2) is 46.0 Å². The highest BCUT2D eigenvalue weighted by molar-refractivity contribution is 5.79. The second kappa shape index (κ2) is 8.72. The summed E-state index contributed by atoms with van der Waals surface area (Å²) in [5, 5.41) is 10.8. The van der Waals surface area contributed by atoms with Gasteiger partial charge in [-0.2, -0.15) is 35.1 Å². The number of hydrogen-bond donors (Lipinski definition) is 1. The van der Waals surface area contributed by atoms with Crippen LogP contribution in [0.4, 0.5) is 39.5 Å². The summed E-state index contributed by atoms with van der Waals surface area (Å²) in [7, 11) is 0. The molecule has 1 unspecified atom stereocenters. The number of aliphatic hydroxyl groups is 1. The average Bonchev–Trinajstić information content (AvgIpc) is 2.86. The van der Waals surface area contributed by atoms with Gasteiger partial charge in [0.2, 0.25) is 0 Å². The molecular weight excluding hydrogens is 495 g/mol. The Morgan fingerprint density at radius 2 is 1.14 bits per heavy atom. The third-order valence-corrected chi connectivity index (χ3v) is 5.98. The zero-order valence-electron chi connectivity index (χ0n) is 17.8. The summed E-state index contributed by atoms with van der Waals surface area (Å²) < 4.78 is 131. The second-order valence-electron chi connectivity index (χ2n) is 8.35. The zero-order valence-corrected chi connectivity index (χ0v) is 17.8. The van der Waals surface area contributed by atoms with Gasteiger partial charge in [-0.3, -0.25) is 0 Å². The largest absolute Gasteiger partial charge is 0.459 e. The molecule has 0 saturated heterocycles. The molecule has 0 spiro atoms. The molecule has 2 aromatic rings. The maximum Gasteiger partial charge on any atom is 0.381 e. The normalized spacial score (nSPS) is 22.8. The predicted molar refractivity (Wildman–Crippen MR) is 104 cm³/mol. The molecule has 1 atom stereocenters. The summed E-state index contributed by atoms with van der Waals surface area (Å²) in [6.45, 7) is -0.633. The Labute approximate surface area is 193 Å². The molecule has 3 nitrogen and oxygen atoms in total. The SMILES string of the molecule is O=C(OCc1ccccc1)C(O)(CCc1ccccc1)CC1(F)C(F)(F)C(F)(F)C(F)(F)C1(F)F. The van der Waals surface area contributed by atoms with Crippen LogP contribution >= 0.6 is 0 Å². The lowest BCUT2D eigenvalue weighted by molar-refractivity contribution is -0.303. The number of benzene rings is 2. The molecule has 1 aliphatic rings. The lowest BCUT2D eigenvalue weighted by Crippen LogP contribution is -2.60. The van der Waals surface area contributed by atoms with Crippen LogP contribution in [0.5, 0.6) is 0 Å². The lowest BCUT2D eigenvalue weighted by Gasteiger charge is -2.37. The lowest BCUT2D eigenvalue weighted by atomic mass is 9.80. The van der Waals surface area contributed by atoms with Crippen LogP contribution < -0.4 is 0 Å². The summed E-state index contributed by atoms with van der Waals surface area (Å²) in [4.78, 5) is 12.6. The van der Waals surface area contributed by atoms with E-state index in [1.807, 2.05) is 0 Å². The van der Waals surface area contributed by atoms with Crippen LogP contribution in [0.25, 0.3) is 0 Å². The molecule has 0 bridgehead atoms. The number of aryl methyl sites for hydroxylation is 1. The van der Waals surface area contributed by atoms with Gasteiger partial charge < -0.3 is 9.84 Å². The van der Waals surface area contributed by atoms with Crippen molar-refractivity contribution in [3.8, 4) is 0 Å². The molecule has 1 fully saturated rings. The van der Waals surface area contributed by atoms with Gasteiger partial charge in [0.25, 0.3) is 5.67 Å². The molecule has 1 N–H and O–H groups in total. The molecule has 0 radical (unpaired) electrons. The molecule has 0 heterocycles. The maximum atomic E-state index is 15.2. The van der Waals surface area contributed by atoms with Gasteiger partial charge in [0.15, 0.2) is 5.60 Å². The minimum Gasteiger partial charge on any atom is -0.459 e. The van der Waals surface area contributed by atoms with E-state index in [0.717, 1.165) is 0 Å². The Kier molecular flexibility index (Phi) is 6.69. The number of halogens is 9. The molecule has 0 amide bonds. The van der Waals surface area contributed by atoms with E-state index in [-0.39, 0.29) is 5.56 Å². The van der Waals surface area contributed by atoms with Gasteiger partial charge in [0.1, 0.15) is 6.61 Å². The Bertz CT molecular complexity index is 1020. The number of carbonyl (C=O) groups is 1. The minimum absolute atomic E-state index is 0.288. The molecule has 0 aliphatic heterocycles. The van der Waals surface area contributed by atoms with Crippen LogP contribution in [-0.2, 0) is 22.6 Å². The van der Waals surface area contributed by atoms with E-state index in [4.69, 9.17) is 4.74 Å². The quantitative estimate of drug-likeness (QED) is 0.361. The van der Waals surface area contributed by atoms with Crippen molar-refractivity contribution < 1.29 is 54.2 Å². The first-order valence-corrected chi connectivity index (χ1v) is 10.2. The molecule has 192 valence electrons.